The van der Waals surface area contributed by atoms with Crippen LogP contribution in [0.3, 0.4) is 0 Å². The van der Waals surface area contributed by atoms with E-state index in [1.165, 1.54) is 20.3 Å². The van der Waals surface area contributed by atoms with Crippen molar-refractivity contribution < 1.29 is 58.5 Å². The SMILES string of the molecule is CO[C@H]1/C=C/O[C@@]2(C)Oc3c(C)c(O)c4c(O)c(c5c(c4c3C2=O)=NC2(CCN(CC(C)C)CC2)N=5)NC(=O)/C(C)=C\C=C\[C@H](C)[C@H](O)[C@@H](C)[C@@H](O)[C@@H](C)[C@H](OC(=O)N2CCN(C3CCOCC3)CC2)[C@@H]1C. The number of ketones is 1. The molecule has 0 radical (unpaired) electrons. The lowest BCUT2D eigenvalue weighted by Gasteiger charge is -2.42. The number of Topliss-reactive ketones (excluding diaryl/α,β-unsaturated/α-hetero) is 1. The van der Waals surface area contributed by atoms with Crippen LogP contribution in [0.1, 0.15) is 97.0 Å². The van der Waals surface area contributed by atoms with Crippen molar-refractivity contribution in [1.29, 1.82) is 0 Å². The van der Waals surface area contributed by atoms with Crippen molar-refractivity contribution in [1.82, 2.24) is 14.7 Å². The lowest BCUT2D eigenvalue weighted by atomic mass is 9.78. The van der Waals surface area contributed by atoms with Gasteiger partial charge in [0.05, 0.1) is 40.9 Å². The van der Waals surface area contributed by atoms with E-state index in [9.17, 15) is 34.8 Å². The van der Waals surface area contributed by atoms with Gasteiger partial charge in [0, 0.05) is 132 Å². The Bertz CT molecular complexity index is 2610. The molecule has 2 amide bonds. The quantitative estimate of drug-likeness (QED) is 0.246. The Morgan fingerprint density at radius 2 is 1.56 bits per heavy atom. The van der Waals surface area contributed by atoms with E-state index in [0.717, 1.165) is 32.6 Å². The Kier molecular flexibility index (Phi) is 15.8. The van der Waals surface area contributed by atoms with Crippen molar-refractivity contribution >= 4 is 34.2 Å². The summed E-state index contributed by atoms with van der Waals surface area (Å²) in [6.45, 7) is 22.2. The molecule has 7 aliphatic heterocycles. The van der Waals surface area contributed by atoms with Gasteiger partial charge >= 0.3 is 11.9 Å². The van der Waals surface area contributed by atoms with E-state index in [1.807, 2.05) is 13.8 Å². The summed E-state index contributed by atoms with van der Waals surface area (Å²) in [6, 6.07) is 0.405. The Morgan fingerprint density at radius 3 is 2.21 bits per heavy atom. The predicted octanol–water partition coefficient (Wildman–Crippen LogP) is 5.12. The third kappa shape index (κ3) is 10.2. The molecule has 2 aromatic carbocycles. The van der Waals surface area contributed by atoms with Gasteiger partial charge in [-0.3, -0.25) is 24.5 Å². The van der Waals surface area contributed by atoms with Crippen molar-refractivity contribution in [3.8, 4) is 17.2 Å². The molecular weight excluding hydrogens is 925 g/mol. The van der Waals surface area contributed by atoms with E-state index in [0.29, 0.717) is 64.1 Å². The minimum atomic E-state index is -1.98. The van der Waals surface area contributed by atoms with Gasteiger partial charge in [-0.2, -0.15) is 0 Å². The van der Waals surface area contributed by atoms with Crippen LogP contribution < -0.4 is 20.8 Å². The summed E-state index contributed by atoms with van der Waals surface area (Å²) >= 11 is 0. The van der Waals surface area contributed by atoms with Crippen LogP contribution in [0.2, 0.25) is 0 Å². The van der Waals surface area contributed by atoms with E-state index < -0.39 is 83.1 Å². The molecule has 72 heavy (non-hydrogen) atoms. The number of hydrogen-bond acceptors (Lipinski definition) is 16. The number of benzene rings is 2. The Balaban J connectivity index is 1.18. The summed E-state index contributed by atoms with van der Waals surface area (Å²) in [7, 11) is 1.50. The van der Waals surface area contributed by atoms with E-state index in [2.05, 4.69) is 29.0 Å². The lowest BCUT2D eigenvalue weighted by molar-refractivity contribution is -0.112. The number of ether oxygens (including phenoxy) is 5. The molecule has 0 unspecified atom stereocenters. The first-order valence-corrected chi connectivity index (χ1v) is 25.9. The number of nitrogens with one attached hydrogen (secondary N) is 1. The van der Waals surface area contributed by atoms with Gasteiger partial charge < -0.3 is 59.2 Å². The van der Waals surface area contributed by atoms with Gasteiger partial charge in [-0.05, 0) is 38.7 Å². The number of allylic oxidation sites excluding steroid dienone is 2. The second-order valence-electron chi connectivity index (χ2n) is 21.6. The summed E-state index contributed by atoms with van der Waals surface area (Å²) in [6.07, 6.45) is 6.37. The van der Waals surface area contributed by atoms with E-state index in [-0.39, 0.29) is 55.4 Å². The number of nitrogens with zero attached hydrogens (tertiary/aromatic N) is 5. The average molecular weight is 1000 g/mol. The molecule has 9 atom stereocenters. The van der Waals surface area contributed by atoms with Crippen LogP contribution in [0.15, 0.2) is 46.1 Å². The molecule has 5 bridgehead atoms. The highest BCUT2D eigenvalue weighted by Gasteiger charge is 2.50. The van der Waals surface area contributed by atoms with Crippen LogP contribution in [0.4, 0.5) is 10.5 Å². The fourth-order valence-corrected chi connectivity index (χ4v) is 11.5. The summed E-state index contributed by atoms with van der Waals surface area (Å²) in [5, 5.41) is 51.2. The van der Waals surface area contributed by atoms with Crippen LogP contribution in [-0.4, -0.2) is 161 Å². The number of phenolic OH excluding ortho intramolecular Hbond substituents is 2. The summed E-state index contributed by atoms with van der Waals surface area (Å²) in [5.41, 5.74) is -0.583. The minimum absolute atomic E-state index is 0.0370. The van der Waals surface area contributed by atoms with Gasteiger partial charge in [0.2, 0.25) is 0 Å². The number of likely N-dealkylation sites (tertiary alicyclic amines) is 1. The first-order valence-electron chi connectivity index (χ1n) is 25.9. The maximum atomic E-state index is 15.0. The Hall–Kier alpha value is -5.11. The molecule has 7 aliphatic rings. The highest BCUT2D eigenvalue weighted by Crippen LogP contribution is 2.50. The Morgan fingerprint density at radius 1 is 0.889 bits per heavy atom. The number of amides is 2. The minimum Gasteiger partial charge on any atom is -0.507 e. The van der Waals surface area contributed by atoms with Crippen LogP contribution in [0.25, 0.3) is 10.8 Å². The molecule has 9 rings (SSSR count). The second kappa shape index (κ2) is 21.4. The van der Waals surface area contributed by atoms with E-state index in [1.54, 1.807) is 56.9 Å². The number of hydrogen-bond donors (Lipinski definition) is 5. The fourth-order valence-electron chi connectivity index (χ4n) is 11.5. The zero-order valence-electron chi connectivity index (χ0n) is 43.6. The van der Waals surface area contributed by atoms with Gasteiger partial charge in [0.15, 0.2) is 11.4 Å². The molecule has 0 aromatic heterocycles. The van der Waals surface area contributed by atoms with Crippen molar-refractivity contribution in [2.75, 3.05) is 71.5 Å². The third-order valence-electron chi connectivity index (χ3n) is 16.1. The number of methoxy groups -OCH3 is 1. The molecule has 18 nitrogen and oxygen atoms in total. The van der Waals surface area contributed by atoms with Crippen LogP contribution >= 0.6 is 0 Å². The predicted molar refractivity (Wildman–Crippen MR) is 269 cm³/mol. The number of aromatic hydroxyl groups is 2. The zero-order chi connectivity index (χ0) is 52.0. The maximum absolute atomic E-state index is 15.0. The number of piperazine rings is 1. The van der Waals surface area contributed by atoms with Gasteiger partial charge in [-0.25, -0.2) is 4.79 Å². The van der Waals surface area contributed by atoms with Gasteiger partial charge in [-0.1, -0.05) is 59.8 Å². The second-order valence-corrected chi connectivity index (χ2v) is 21.6. The highest BCUT2D eigenvalue weighted by molar-refractivity contribution is 6.19. The number of anilines is 1. The number of phenols is 2. The monoisotopic (exact) mass is 1000 g/mol. The smallest absolute Gasteiger partial charge is 0.410 e. The first-order chi connectivity index (χ1) is 34.2. The third-order valence-corrected chi connectivity index (χ3v) is 16.1. The number of aliphatic hydroxyl groups is 2. The van der Waals surface area contributed by atoms with Gasteiger partial charge in [-0.15, -0.1) is 0 Å². The van der Waals surface area contributed by atoms with Crippen LogP contribution in [0, 0.1) is 36.5 Å². The number of piperidine rings is 1. The number of rotatable bonds is 5. The summed E-state index contributed by atoms with van der Waals surface area (Å²) in [4.78, 5) is 60.0. The van der Waals surface area contributed by atoms with E-state index >= 15 is 0 Å². The number of carbonyl (C=O) groups is 3. The number of aliphatic hydroxyl groups excluding tert-OH is 2. The van der Waals surface area contributed by atoms with Crippen molar-refractivity contribution in [3.05, 3.63) is 58.0 Å². The molecule has 18 heteroatoms. The highest BCUT2D eigenvalue weighted by atomic mass is 16.7. The van der Waals surface area contributed by atoms with Gasteiger partial charge in [0.1, 0.15) is 28.6 Å². The molecule has 394 valence electrons. The molecule has 2 aromatic rings. The first kappa shape index (κ1) is 53.2. The Labute approximate surface area is 422 Å². The lowest BCUT2D eigenvalue weighted by Crippen LogP contribution is -2.54. The van der Waals surface area contributed by atoms with Crippen LogP contribution in [-0.2, 0) is 23.7 Å². The molecule has 5 N–H and O–H groups in total. The van der Waals surface area contributed by atoms with Crippen molar-refractivity contribution in [3.63, 3.8) is 0 Å². The molecule has 3 saturated heterocycles. The molecule has 1 spiro atoms. The number of fused-ring (bicyclic) bond motifs is 13. The normalized spacial score (nSPS) is 32.6. The number of carbonyl (C=O) groups excluding carboxylic acids is 3. The van der Waals surface area contributed by atoms with Crippen molar-refractivity contribution in [2.24, 2.45) is 39.6 Å². The standard InChI is InChI=1S/C54H76N6O12/c1-29(2)28-58-19-17-54(18-20-58)56-41-38-39-46(63)35(8)49-40(38)50(65)53(9,72-49)70-27-16-37(68-10)32(5)48(71-52(67)60-23-21-59(22-24-60)36-14-25-69-26-15-36)34(7)45(62)33(6)44(61)30(3)12-11-13-31(4)51(66)55-43(47(39)64)42(41)57-54/h11-13,16,27,29-30,32-34,36-37,44-45,48,61-64H,14-15,17-26,28H2,1-10H3,(H,55,66)/b12-11+,27-16+,31-13-/t30-,32+,33+,34+,37-,44-,45+,48+,53-/m0/s1. The zero-order valence-corrected chi connectivity index (χ0v) is 43.6. The molecule has 3 fully saturated rings. The molecule has 0 saturated carbocycles. The average Bonchev–Trinajstić information content (AvgIpc) is 3.87. The van der Waals surface area contributed by atoms with E-state index in [4.69, 9.17) is 33.7 Å². The van der Waals surface area contributed by atoms with Gasteiger partial charge in [0.25, 0.3) is 11.7 Å². The molecule has 0 aliphatic carbocycles. The van der Waals surface area contributed by atoms with Crippen LogP contribution in [0.5, 0.6) is 17.2 Å². The maximum Gasteiger partial charge on any atom is 0.410 e. The fraction of sp³-hybridized carbons (Fsp3) is 0.648. The molecule has 7 heterocycles. The summed E-state index contributed by atoms with van der Waals surface area (Å²) < 4.78 is 30.6. The largest absolute Gasteiger partial charge is 0.507 e. The van der Waals surface area contributed by atoms with Crippen molar-refractivity contribution in [2.45, 2.75) is 130 Å². The summed E-state index contributed by atoms with van der Waals surface area (Å²) in [5.74, 6) is -6.05. The molecular formula is C54H76N6O12. The topological polar surface area (TPSA) is 225 Å².